The monoisotopic (exact) mass is 138 g/mol. The van der Waals surface area contributed by atoms with Crippen LogP contribution in [0.4, 0.5) is 0 Å². The van der Waals surface area contributed by atoms with Crippen LogP contribution in [0.15, 0.2) is 12.3 Å². The number of aliphatic hydroxyl groups excluding tert-OH is 1. The fraction of sp³-hybridized carbons (Fsp3) is 0.429. The molecule has 0 fully saturated rings. The van der Waals surface area contributed by atoms with Gasteiger partial charge in [-0.1, -0.05) is 0 Å². The molecule has 1 atom stereocenters. The fourth-order valence-electron chi connectivity index (χ4n) is 0.670. The Kier molecular flexibility index (Phi) is 1.97. The zero-order valence-electron chi connectivity index (χ0n) is 6.07. The molecule has 3 nitrogen and oxygen atoms in total. The average molecular weight is 138 g/mol. The molecule has 0 aliphatic carbocycles. The van der Waals surface area contributed by atoms with E-state index in [2.05, 4.69) is 9.97 Å². The van der Waals surface area contributed by atoms with Gasteiger partial charge in [-0.3, -0.25) is 0 Å². The number of aliphatic hydroxyl groups is 1. The van der Waals surface area contributed by atoms with E-state index in [4.69, 9.17) is 5.11 Å². The Labute approximate surface area is 59.8 Å². The van der Waals surface area contributed by atoms with Gasteiger partial charge >= 0.3 is 0 Å². The van der Waals surface area contributed by atoms with Crippen molar-refractivity contribution in [2.75, 3.05) is 0 Å². The number of rotatable bonds is 1. The van der Waals surface area contributed by atoms with Crippen LogP contribution in [-0.4, -0.2) is 15.1 Å². The van der Waals surface area contributed by atoms with Crippen LogP contribution in [-0.2, 0) is 0 Å². The molecule has 0 aliphatic rings. The van der Waals surface area contributed by atoms with Gasteiger partial charge in [-0.15, -0.1) is 0 Å². The van der Waals surface area contributed by atoms with Gasteiger partial charge in [0.25, 0.3) is 0 Å². The van der Waals surface area contributed by atoms with Crippen molar-refractivity contribution in [3.05, 3.63) is 23.8 Å². The zero-order chi connectivity index (χ0) is 7.56. The van der Waals surface area contributed by atoms with Crippen molar-refractivity contribution >= 4 is 0 Å². The van der Waals surface area contributed by atoms with Gasteiger partial charge in [0.05, 0.1) is 0 Å². The Morgan fingerprint density at radius 3 is 2.70 bits per heavy atom. The highest BCUT2D eigenvalue weighted by atomic mass is 16.3. The van der Waals surface area contributed by atoms with Crippen LogP contribution in [0.5, 0.6) is 0 Å². The van der Waals surface area contributed by atoms with Crippen LogP contribution < -0.4 is 0 Å². The highest BCUT2D eigenvalue weighted by Crippen LogP contribution is 2.04. The summed E-state index contributed by atoms with van der Waals surface area (Å²) in [6.07, 6.45) is 1.07. The van der Waals surface area contributed by atoms with E-state index in [1.54, 1.807) is 19.2 Å². The van der Waals surface area contributed by atoms with E-state index >= 15 is 0 Å². The Morgan fingerprint density at radius 1 is 1.60 bits per heavy atom. The summed E-state index contributed by atoms with van der Waals surface area (Å²) in [4.78, 5) is 7.89. The van der Waals surface area contributed by atoms with Crippen LogP contribution in [0.3, 0.4) is 0 Å². The molecule has 0 spiro atoms. The van der Waals surface area contributed by atoms with Crippen LogP contribution in [0.2, 0.25) is 0 Å². The largest absolute Gasteiger partial charge is 0.385 e. The first kappa shape index (κ1) is 7.15. The molecule has 10 heavy (non-hydrogen) atoms. The maximum atomic E-state index is 9.02. The first-order valence-corrected chi connectivity index (χ1v) is 3.18. The van der Waals surface area contributed by atoms with E-state index in [-0.39, 0.29) is 0 Å². The van der Waals surface area contributed by atoms with Gasteiger partial charge in [0.2, 0.25) is 0 Å². The molecule has 0 aromatic carbocycles. The van der Waals surface area contributed by atoms with Crippen LogP contribution >= 0.6 is 0 Å². The molecule has 0 bridgehead atoms. The van der Waals surface area contributed by atoms with E-state index in [0.29, 0.717) is 5.82 Å². The molecule has 0 saturated carbocycles. The average Bonchev–Trinajstić information content (AvgIpc) is 1.88. The molecule has 0 unspecified atom stereocenters. The van der Waals surface area contributed by atoms with Crippen molar-refractivity contribution in [1.82, 2.24) is 9.97 Å². The van der Waals surface area contributed by atoms with E-state index in [1.807, 2.05) is 6.92 Å². The van der Waals surface area contributed by atoms with E-state index in [1.165, 1.54) is 0 Å². The Morgan fingerprint density at radius 2 is 2.30 bits per heavy atom. The predicted molar refractivity (Wildman–Crippen MR) is 37.4 cm³/mol. The number of hydrogen-bond donors (Lipinski definition) is 1. The standard InChI is InChI=1S/C7H10N2O/c1-5-3-4-8-7(9-5)6(2)10/h3-4,6,10H,1-2H3/t6-/m1/s1. The third-order valence-corrected chi connectivity index (χ3v) is 1.19. The second-order valence-electron chi connectivity index (χ2n) is 2.23. The lowest BCUT2D eigenvalue weighted by Crippen LogP contribution is -1.99. The number of nitrogens with zero attached hydrogens (tertiary/aromatic N) is 2. The normalized spacial score (nSPS) is 13.1. The Hall–Kier alpha value is -0.960. The van der Waals surface area contributed by atoms with Gasteiger partial charge < -0.3 is 5.11 Å². The van der Waals surface area contributed by atoms with E-state index in [0.717, 1.165) is 5.69 Å². The molecule has 1 N–H and O–H groups in total. The summed E-state index contributed by atoms with van der Waals surface area (Å²) >= 11 is 0. The van der Waals surface area contributed by atoms with E-state index in [9.17, 15) is 0 Å². The summed E-state index contributed by atoms with van der Waals surface area (Å²) in [5.74, 6) is 0.486. The lowest BCUT2D eigenvalue weighted by molar-refractivity contribution is 0.188. The Balaban J connectivity index is 2.96. The summed E-state index contributed by atoms with van der Waals surface area (Å²) in [5, 5.41) is 9.02. The minimum absolute atomic E-state index is 0.486. The van der Waals surface area contributed by atoms with Crippen molar-refractivity contribution in [2.45, 2.75) is 20.0 Å². The predicted octanol–water partition coefficient (Wildman–Crippen LogP) is 0.838. The summed E-state index contributed by atoms with van der Waals surface area (Å²) in [5.41, 5.74) is 0.880. The minimum Gasteiger partial charge on any atom is -0.385 e. The van der Waals surface area contributed by atoms with E-state index < -0.39 is 6.10 Å². The molecule has 54 valence electrons. The molecule has 0 aliphatic heterocycles. The van der Waals surface area contributed by atoms with Gasteiger partial charge in [0, 0.05) is 11.9 Å². The molecular weight excluding hydrogens is 128 g/mol. The zero-order valence-corrected chi connectivity index (χ0v) is 6.07. The fourth-order valence-corrected chi connectivity index (χ4v) is 0.670. The summed E-state index contributed by atoms with van der Waals surface area (Å²) in [6, 6.07) is 1.80. The molecular formula is C7H10N2O. The van der Waals surface area contributed by atoms with Crippen LogP contribution in [0, 0.1) is 6.92 Å². The maximum absolute atomic E-state index is 9.02. The molecule has 1 heterocycles. The smallest absolute Gasteiger partial charge is 0.156 e. The van der Waals surface area contributed by atoms with Crippen LogP contribution in [0.25, 0.3) is 0 Å². The van der Waals surface area contributed by atoms with Crippen LogP contribution in [0.1, 0.15) is 24.5 Å². The second-order valence-corrected chi connectivity index (χ2v) is 2.23. The third-order valence-electron chi connectivity index (χ3n) is 1.19. The molecule has 1 rings (SSSR count). The first-order chi connectivity index (χ1) is 4.70. The summed E-state index contributed by atoms with van der Waals surface area (Å²) in [7, 11) is 0. The topological polar surface area (TPSA) is 46.0 Å². The number of aryl methyl sites for hydroxylation is 1. The minimum atomic E-state index is -0.570. The number of aromatic nitrogens is 2. The van der Waals surface area contributed by atoms with Crippen molar-refractivity contribution in [1.29, 1.82) is 0 Å². The van der Waals surface area contributed by atoms with Gasteiger partial charge in [-0.2, -0.15) is 0 Å². The number of hydrogen-bond acceptors (Lipinski definition) is 3. The molecule has 0 radical (unpaired) electrons. The van der Waals surface area contributed by atoms with Gasteiger partial charge in [-0.25, -0.2) is 9.97 Å². The first-order valence-electron chi connectivity index (χ1n) is 3.18. The lowest BCUT2D eigenvalue weighted by atomic mass is 10.3. The molecule has 0 amide bonds. The van der Waals surface area contributed by atoms with Gasteiger partial charge in [-0.05, 0) is 19.9 Å². The second kappa shape index (κ2) is 2.75. The molecule has 1 aromatic heterocycles. The molecule has 0 saturated heterocycles. The summed E-state index contributed by atoms with van der Waals surface area (Å²) in [6.45, 7) is 3.52. The maximum Gasteiger partial charge on any atom is 0.156 e. The quantitative estimate of drug-likeness (QED) is 0.625. The van der Waals surface area contributed by atoms with Crippen molar-refractivity contribution in [3.63, 3.8) is 0 Å². The molecule has 1 aromatic rings. The highest BCUT2D eigenvalue weighted by molar-refractivity contribution is 5.00. The molecule has 3 heteroatoms. The lowest BCUT2D eigenvalue weighted by Gasteiger charge is -2.01. The Bertz CT molecular complexity index is 223. The van der Waals surface area contributed by atoms with Crippen molar-refractivity contribution in [3.8, 4) is 0 Å². The SMILES string of the molecule is Cc1ccnc([C@@H](C)O)n1. The highest BCUT2D eigenvalue weighted by Gasteiger charge is 2.01. The van der Waals surface area contributed by atoms with Gasteiger partial charge in [0.15, 0.2) is 5.82 Å². The summed E-state index contributed by atoms with van der Waals surface area (Å²) < 4.78 is 0. The van der Waals surface area contributed by atoms with Crippen molar-refractivity contribution in [2.24, 2.45) is 0 Å². The third kappa shape index (κ3) is 1.51. The van der Waals surface area contributed by atoms with Gasteiger partial charge in [0.1, 0.15) is 6.10 Å². The van der Waals surface area contributed by atoms with Crippen molar-refractivity contribution < 1.29 is 5.11 Å².